The first kappa shape index (κ1) is 13.2. The minimum Gasteiger partial charge on any atom is -0.258 e. The molecule has 0 bridgehead atoms. The van der Waals surface area contributed by atoms with Crippen LogP contribution in [0, 0.1) is 21.4 Å². The second-order valence-electron chi connectivity index (χ2n) is 3.33. The summed E-state index contributed by atoms with van der Waals surface area (Å²) in [6.07, 6.45) is 3.92. The van der Waals surface area contributed by atoms with Crippen molar-refractivity contribution in [1.29, 1.82) is 5.26 Å². The Labute approximate surface area is 103 Å². The molecule has 0 amide bonds. The van der Waals surface area contributed by atoms with Gasteiger partial charge in [0.05, 0.1) is 16.6 Å². The third kappa shape index (κ3) is 3.96. The van der Waals surface area contributed by atoms with Gasteiger partial charge in [-0.3, -0.25) is 10.1 Å². The van der Waals surface area contributed by atoms with Gasteiger partial charge in [-0.15, -0.1) is 0 Å². The van der Waals surface area contributed by atoms with E-state index in [1.165, 1.54) is 12.1 Å². The number of non-ortho nitro benzene ring substituents is 1. The summed E-state index contributed by atoms with van der Waals surface area (Å²) in [6, 6.07) is 6.02. The molecule has 1 aromatic rings. The first-order valence-electron chi connectivity index (χ1n) is 5.04. The Balaban J connectivity index is 2.88. The van der Waals surface area contributed by atoms with Crippen LogP contribution in [0.4, 0.5) is 5.69 Å². The average Bonchev–Trinajstić information content (AvgIpc) is 2.38. The van der Waals surface area contributed by atoms with Crippen molar-refractivity contribution in [1.82, 2.24) is 0 Å². The van der Waals surface area contributed by atoms with E-state index in [2.05, 4.69) is 10.0 Å². The van der Waals surface area contributed by atoms with Crippen LogP contribution in [0.5, 0.6) is 0 Å². The van der Waals surface area contributed by atoms with E-state index >= 15 is 0 Å². The molecular weight excluding hydrogens is 234 g/mol. The predicted octanol–water partition coefficient (Wildman–Crippen LogP) is 3.18. The number of rotatable bonds is 5. The number of nitro groups is 1. The summed E-state index contributed by atoms with van der Waals surface area (Å²) in [5, 5.41) is 22.8. The Morgan fingerprint density at radius 1 is 1.56 bits per heavy atom. The van der Waals surface area contributed by atoms with Gasteiger partial charge in [0.1, 0.15) is 0 Å². The highest BCUT2D eigenvalue weighted by atomic mass is 16.6. The molecule has 0 spiro atoms. The summed E-state index contributed by atoms with van der Waals surface area (Å²) in [5.41, 5.74) is 8.76. The van der Waals surface area contributed by atoms with Gasteiger partial charge in [-0.05, 0) is 23.6 Å². The molecule has 0 atom stereocenters. The fourth-order valence-electron chi connectivity index (χ4n) is 1.30. The van der Waals surface area contributed by atoms with Gasteiger partial charge < -0.3 is 0 Å². The van der Waals surface area contributed by atoms with Crippen molar-refractivity contribution in [3.63, 3.8) is 0 Å². The van der Waals surface area contributed by atoms with Crippen LogP contribution in [-0.4, -0.2) is 11.5 Å². The highest BCUT2D eigenvalue weighted by Gasteiger charge is 2.07. The van der Waals surface area contributed by atoms with Crippen LogP contribution in [0.15, 0.2) is 29.4 Å². The van der Waals surface area contributed by atoms with E-state index in [0.717, 1.165) is 0 Å². The summed E-state index contributed by atoms with van der Waals surface area (Å²) >= 11 is 0. The van der Waals surface area contributed by atoms with Crippen molar-refractivity contribution < 1.29 is 4.92 Å². The molecule has 0 saturated carbocycles. The average molecular weight is 243 g/mol. The van der Waals surface area contributed by atoms with Crippen LogP contribution >= 0.6 is 0 Å². The maximum absolute atomic E-state index is 10.7. The molecule has 7 nitrogen and oxygen atoms in total. The minimum atomic E-state index is -0.543. The molecule has 0 heterocycles. The van der Waals surface area contributed by atoms with E-state index in [-0.39, 0.29) is 11.3 Å². The van der Waals surface area contributed by atoms with Crippen LogP contribution in [0.1, 0.15) is 17.5 Å². The van der Waals surface area contributed by atoms with Crippen LogP contribution < -0.4 is 0 Å². The Morgan fingerprint density at radius 3 is 2.94 bits per heavy atom. The van der Waals surface area contributed by atoms with E-state index in [9.17, 15) is 10.1 Å². The predicted molar refractivity (Wildman–Crippen MR) is 65.5 cm³/mol. The van der Waals surface area contributed by atoms with Gasteiger partial charge in [0.15, 0.2) is 0 Å². The number of nitro benzene ring substituents is 1. The molecule has 0 aliphatic rings. The summed E-state index contributed by atoms with van der Waals surface area (Å²) in [4.78, 5) is 12.7. The molecular formula is C11H9N5O2. The first-order chi connectivity index (χ1) is 8.67. The zero-order valence-corrected chi connectivity index (χ0v) is 9.35. The number of azide groups is 1. The van der Waals surface area contributed by atoms with E-state index in [1.807, 2.05) is 6.07 Å². The molecule has 0 aromatic heterocycles. The standard InChI is InChI=1S/C11H9N5O2/c12-8-10-5-9(3-1-2-4-14-15-13)6-11(7-10)16(17)18/h1,3,5-7H,2,4H2. The van der Waals surface area contributed by atoms with Gasteiger partial charge in [-0.25, -0.2) is 0 Å². The van der Waals surface area contributed by atoms with Crippen molar-refractivity contribution in [2.24, 2.45) is 5.11 Å². The molecule has 0 aliphatic carbocycles. The van der Waals surface area contributed by atoms with Crippen molar-refractivity contribution in [3.05, 3.63) is 56.0 Å². The smallest absolute Gasteiger partial charge is 0.258 e. The monoisotopic (exact) mass is 243 g/mol. The van der Waals surface area contributed by atoms with Gasteiger partial charge in [-0.2, -0.15) is 5.26 Å². The topological polar surface area (TPSA) is 116 Å². The van der Waals surface area contributed by atoms with E-state index < -0.39 is 4.92 Å². The number of benzene rings is 1. The van der Waals surface area contributed by atoms with Gasteiger partial charge in [-0.1, -0.05) is 17.3 Å². The number of nitriles is 1. The van der Waals surface area contributed by atoms with Crippen molar-refractivity contribution in [2.45, 2.75) is 6.42 Å². The molecule has 0 saturated heterocycles. The van der Waals surface area contributed by atoms with E-state index in [4.69, 9.17) is 10.8 Å². The maximum Gasteiger partial charge on any atom is 0.271 e. The minimum absolute atomic E-state index is 0.122. The molecule has 7 heteroatoms. The Kier molecular flexibility index (Phi) is 4.91. The zero-order valence-electron chi connectivity index (χ0n) is 9.35. The van der Waals surface area contributed by atoms with E-state index in [0.29, 0.717) is 18.5 Å². The number of nitrogens with zero attached hydrogens (tertiary/aromatic N) is 5. The van der Waals surface area contributed by atoms with Crippen molar-refractivity contribution >= 4 is 11.8 Å². The Morgan fingerprint density at radius 2 is 2.33 bits per heavy atom. The molecule has 0 radical (unpaired) electrons. The normalized spacial score (nSPS) is 9.72. The first-order valence-corrected chi connectivity index (χ1v) is 5.04. The third-order valence-corrected chi connectivity index (χ3v) is 2.05. The molecule has 1 aromatic carbocycles. The maximum atomic E-state index is 10.7. The van der Waals surface area contributed by atoms with E-state index in [1.54, 1.807) is 18.2 Å². The van der Waals surface area contributed by atoms with Gasteiger partial charge in [0.25, 0.3) is 5.69 Å². The fraction of sp³-hybridized carbons (Fsp3) is 0.182. The summed E-state index contributed by atoms with van der Waals surface area (Å²) in [6.45, 7) is 0.326. The molecule has 0 N–H and O–H groups in total. The lowest BCUT2D eigenvalue weighted by atomic mass is 10.1. The molecule has 0 fully saturated rings. The van der Waals surface area contributed by atoms with Crippen LogP contribution in [-0.2, 0) is 0 Å². The van der Waals surface area contributed by atoms with Crippen molar-refractivity contribution in [3.8, 4) is 6.07 Å². The zero-order chi connectivity index (χ0) is 13.4. The second-order valence-corrected chi connectivity index (χ2v) is 3.33. The Hall–Kier alpha value is -2.84. The van der Waals surface area contributed by atoms with Gasteiger partial charge >= 0.3 is 0 Å². The van der Waals surface area contributed by atoms with Gasteiger partial charge in [0, 0.05) is 23.6 Å². The van der Waals surface area contributed by atoms with Crippen LogP contribution in [0.2, 0.25) is 0 Å². The Bertz CT molecular complexity index is 567. The molecule has 90 valence electrons. The van der Waals surface area contributed by atoms with Crippen LogP contribution in [0.3, 0.4) is 0 Å². The molecule has 1 rings (SSSR count). The molecule has 0 aliphatic heterocycles. The second kappa shape index (κ2) is 6.68. The highest BCUT2D eigenvalue weighted by molar-refractivity contribution is 5.57. The van der Waals surface area contributed by atoms with Gasteiger partial charge in [0.2, 0.25) is 0 Å². The highest BCUT2D eigenvalue weighted by Crippen LogP contribution is 2.18. The summed E-state index contributed by atoms with van der Waals surface area (Å²) in [5.74, 6) is 0. The third-order valence-electron chi connectivity index (χ3n) is 2.05. The lowest BCUT2D eigenvalue weighted by molar-refractivity contribution is -0.384. The largest absolute Gasteiger partial charge is 0.271 e. The SMILES string of the molecule is N#Cc1cc(C=CCCN=[N+]=[N-])cc([N+](=O)[O-])c1. The van der Waals surface area contributed by atoms with Crippen LogP contribution in [0.25, 0.3) is 16.5 Å². The lowest BCUT2D eigenvalue weighted by Gasteiger charge is -1.96. The molecule has 0 unspecified atom stereocenters. The number of hydrogen-bond donors (Lipinski definition) is 0. The fourth-order valence-corrected chi connectivity index (χ4v) is 1.30. The van der Waals surface area contributed by atoms with Crippen molar-refractivity contribution in [2.75, 3.05) is 6.54 Å². The summed E-state index contributed by atoms with van der Waals surface area (Å²) < 4.78 is 0. The quantitative estimate of drug-likeness (QED) is 0.197. The molecule has 18 heavy (non-hydrogen) atoms. The number of hydrogen-bond acceptors (Lipinski definition) is 4. The lowest BCUT2D eigenvalue weighted by Crippen LogP contribution is -1.90. The summed E-state index contributed by atoms with van der Waals surface area (Å²) in [7, 11) is 0.